The van der Waals surface area contributed by atoms with Gasteiger partial charge in [-0.15, -0.1) is 0 Å². The van der Waals surface area contributed by atoms with Crippen molar-refractivity contribution in [2.45, 2.75) is 32.7 Å². The summed E-state index contributed by atoms with van der Waals surface area (Å²) in [5.74, 6) is 0. The van der Waals surface area contributed by atoms with E-state index in [0.717, 1.165) is 12.1 Å². The first-order chi connectivity index (χ1) is 5.94. The molecule has 3 heteroatoms. The maximum Gasteiger partial charge on any atom is 0.0645 e. The van der Waals surface area contributed by atoms with Gasteiger partial charge in [-0.1, -0.05) is 0 Å². The van der Waals surface area contributed by atoms with E-state index in [1.807, 2.05) is 18.8 Å². The van der Waals surface area contributed by atoms with Gasteiger partial charge in [-0.25, -0.2) is 0 Å². The van der Waals surface area contributed by atoms with Gasteiger partial charge in [-0.3, -0.25) is 4.68 Å². The summed E-state index contributed by atoms with van der Waals surface area (Å²) in [7, 11) is 3.96. The van der Waals surface area contributed by atoms with Crippen LogP contribution < -0.4 is 5.32 Å². The Hall–Kier alpha value is -0.830. The number of hydrogen-bond acceptors (Lipinski definition) is 2. The van der Waals surface area contributed by atoms with Crippen molar-refractivity contribution in [3.8, 4) is 0 Å². The first-order valence-corrected chi connectivity index (χ1v) is 4.63. The quantitative estimate of drug-likeness (QED) is 0.761. The van der Waals surface area contributed by atoms with E-state index >= 15 is 0 Å². The van der Waals surface area contributed by atoms with Crippen molar-refractivity contribution < 1.29 is 0 Å². The van der Waals surface area contributed by atoms with Crippen LogP contribution in [0.25, 0.3) is 0 Å². The van der Waals surface area contributed by atoms with E-state index < -0.39 is 0 Å². The van der Waals surface area contributed by atoms with Gasteiger partial charge in [0.25, 0.3) is 0 Å². The summed E-state index contributed by atoms with van der Waals surface area (Å²) in [5, 5.41) is 7.69. The smallest absolute Gasteiger partial charge is 0.0645 e. The van der Waals surface area contributed by atoms with Gasteiger partial charge in [0, 0.05) is 24.7 Å². The van der Waals surface area contributed by atoms with Crippen LogP contribution in [-0.4, -0.2) is 22.4 Å². The molecule has 0 radical (unpaired) electrons. The van der Waals surface area contributed by atoms with Crippen LogP contribution in [0.15, 0.2) is 6.07 Å². The van der Waals surface area contributed by atoms with Crippen molar-refractivity contribution in [2.24, 2.45) is 7.05 Å². The molecule has 1 aromatic heterocycles. The number of aromatic nitrogens is 2. The maximum atomic E-state index is 4.42. The summed E-state index contributed by atoms with van der Waals surface area (Å²) in [6.07, 6.45) is 0.963. The Labute approximate surface area is 80.1 Å². The van der Waals surface area contributed by atoms with E-state index in [1.54, 1.807) is 0 Å². The molecule has 0 aromatic carbocycles. The van der Waals surface area contributed by atoms with Crippen LogP contribution in [0, 0.1) is 6.92 Å². The molecule has 0 aliphatic rings. The van der Waals surface area contributed by atoms with E-state index in [1.165, 1.54) is 5.69 Å². The third-order valence-corrected chi connectivity index (χ3v) is 2.46. The molecule has 0 aliphatic carbocycles. The molecular weight excluding hydrogens is 162 g/mol. The molecule has 1 heterocycles. The molecular formula is C10H19N3. The van der Waals surface area contributed by atoms with Crippen molar-refractivity contribution >= 4 is 0 Å². The number of hydrogen-bond donors (Lipinski definition) is 1. The zero-order chi connectivity index (χ0) is 10.1. The number of nitrogens with one attached hydrogen (secondary N) is 1. The molecule has 1 aromatic rings. The summed E-state index contributed by atoms with van der Waals surface area (Å²) in [6.45, 7) is 6.43. The first-order valence-electron chi connectivity index (χ1n) is 4.63. The lowest BCUT2D eigenvalue weighted by atomic mass is 9.99. The fraction of sp³-hybridized carbons (Fsp3) is 0.700. The molecule has 13 heavy (non-hydrogen) atoms. The van der Waals surface area contributed by atoms with E-state index in [4.69, 9.17) is 0 Å². The Morgan fingerprint density at radius 3 is 2.54 bits per heavy atom. The second-order valence-corrected chi connectivity index (χ2v) is 4.21. The number of rotatable bonds is 3. The minimum atomic E-state index is 0.126. The van der Waals surface area contributed by atoms with Crippen LogP contribution >= 0.6 is 0 Å². The van der Waals surface area contributed by atoms with E-state index in [9.17, 15) is 0 Å². The van der Waals surface area contributed by atoms with Crippen LogP contribution in [0.2, 0.25) is 0 Å². The van der Waals surface area contributed by atoms with Crippen LogP contribution in [0.5, 0.6) is 0 Å². The van der Waals surface area contributed by atoms with Crippen LogP contribution in [-0.2, 0) is 13.5 Å². The summed E-state index contributed by atoms with van der Waals surface area (Å²) in [5.41, 5.74) is 2.49. The SMILES string of the molecule is CNC(C)(C)Cc1cc(C)n(C)n1. The second kappa shape index (κ2) is 3.50. The number of likely N-dealkylation sites (N-methyl/N-ethyl adjacent to an activating group) is 1. The van der Waals surface area contributed by atoms with Gasteiger partial charge < -0.3 is 5.32 Å². The second-order valence-electron chi connectivity index (χ2n) is 4.21. The molecule has 1 rings (SSSR count). The fourth-order valence-corrected chi connectivity index (χ4v) is 1.26. The molecule has 0 fully saturated rings. The van der Waals surface area contributed by atoms with E-state index in [0.29, 0.717) is 0 Å². The number of nitrogens with zero attached hydrogens (tertiary/aromatic N) is 2. The summed E-state index contributed by atoms with van der Waals surface area (Å²) >= 11 is 0. The third kappa shape index (κ3) is 2.56. The molecule has 1 N–H and O–H groups in total. The first kappa shape index (κ1) is 10.3. The van der Waals surface area contributed by atoms with Gasteiger partial charge in [-0.05, 0) is 33.9 Å². The van der Waals surface area contributed by atoms with Gasteiger partial charge >= 0.3 is 0 Å². The predicted octanol–water partition coefficient (Wildman–Crippen LogP) is 1.27. The lowest BCUT2D eigenvalue weighted by Gasteiger charge is -2.22. The van der Waals surface area contributed by atoms with Crippen molar-refractivity contribution in [1.29, 1.82) is 0 Å². The zero-order valence-corrected chi connectivity index (χ0v) is 9.18. The van der Waals surface area contributed by atoms with Gasteiger partial charge in [-0.2, -0.15) is 5.10 Å². The molecule has 0 aliphatic heterocycles. The highest BCUT2D eigenvalue weighted by Gasteiger charge is 2.17. The highest BCUT2D eigenvalue weighted by Crippen LogP contribution is 2.11. The van der Waals surface area contributed by atoms with Gasteiger partial charge in [0.2, 0.25) is 0 Å². The Morgan fingerprint density at radius 2 is 2.15 bits per heavy atom. The van der Waals surface area contributed by atoms with Gasteiger partial charge in [0.15, 0.2) is 0 Å². The molecule has 74 valence electrons. The Balaban J connectivity index is 2.75. The fourth-order valence-electron chi connectivity index (χ4n) is 1.26. The molecule has 0 bridgehead atoms. The van der Waals surface area contributed by atoms with Crippen molar-refractivity contribution in [3.05, 3.63) is 17.5 Å². The van der Waals surface area contributed by atoms with E-state index in [-0.39, 0.29) is 5.54 Å². The monoisotopic (exact) mass is 181 g/mol. The summed E-state index contributed by atoms with van der Waals surface area (Å²) in [6, 6.07) is 2.14. The van der Waals surface area contributed by atoms with Crippen molar-refractivity contribution in [1.82, 2.24) is 15.1 Å². The maximum absolute atomic E-state index is 4.42. The minimum absolute atomic E-state index is 0.126. The molecule has 0 unspecified atom stereocenters. The topological polar surface area (TPSA) is 29.9 Å². The molecule has 3 nitrogen and oxygen atoms in total. The third-order valence-electron chi connectivity index (χ3n) is 2.46. The summed E-state index contributed by atoms with van der Waals surface area (Å²) < 4.78 is 1.92. The molecule has 0 atom stereocenters. The summed E-state index contributed by atoms with van der Waals surface area (Å²) in [4.78, 5) is 0. The Bertz CT molecular complexity index is 267. The molecule has 0 spiro atoms. The van der Waals surface area contributed by atoms with E-state index in [2.05, 4.69) is 37.3 Å². The van der Waals surface area contributed by atoms with Crippen molar-refractivity contribution in [2.75, 3.05) is 7.05 Å². The molecule has 0 saturated heterocycles. The van der Waals surface area contributed by atoms with Crippen LogP contribution in [0.1, 0.15) is 25.2 Å². The Kier molecular flexibility index (Phi) is 2.76. The predicted molar refractivity (Wildman–Crippen MR) is 54.8 cm³/mol. The lowest BCUT2D eigenvalue weighted by Crippen LogP contribution is -2.38. The van der Waals surface area contributed by atoms with Crippen LogP contribution in [0.3, 0.4) is 0 Å². The number of aryl methyl sites for hydroxylation is 2. The van der Waals surface area contributed by atoms with Crippen LogP contribution in [0.4, 0.5) is 0 Å². The Morgan fingerprint density at radius 1 is 1.54 bits per heavy atom. The van der Waals surface area contributed by atoms with Crippen molar-refractivity contribution in [3.63, 3.8) is 0 Å². The van der Waals surface area contributed by atoms with Gasteiger partial charge in [0.1, 0.15) is 0 Å². The zero-order valence-electron chi connectivity index (χ0n) is 9.18. The average Bonchev–Trinajstić information content (AvgIpc) is 2.30. The lowest BCUT2D eigenvalue weighted by molar-refractivity contribution is 0.416. The molecule has 0 saturated carbocycles. The van der Waals surface area contributed by atoms with Gasteiger partial charge in [0.05, 0.1) is 5.69 Å². The largest absolute Gasteiger partial charge is 0.314 e. The highest BCUT2D eigenvalue weighted by atomic mass is 15.3. The highest BCUT2D eigenvalue weighted by molar-refractivity contribution is 5.11. The minimum Gasteiger partial charge on any atom is -0.314 e. The molecule has 0 amide bonds. The standard InChI is InChI=1S/C10H19N3/c1-8-6-9(12-13(8)5)7-10(2,3)11-4/h6,11H,7H2,1-5H3. The average molecular weight is 181 g/mol. The normalized spacial score (nSPS) is 12.1.